The number of hydrogen-bond acceptors (Lipinski definition) is 2. The molecule has 2 rings (SSSR count). The van der Waals surface area contributed by atoms with Crippen LogP contribution in [0.1, 0.15) is 62.2 Å². The quantitative estimate of drug-likeness (QED) is 0.736. The van der Waals surface area contributed by atoms with Crippen LogP contribution in [0.15, 0.2) is 24.3 Å². The standard InChI is InChI=1S/C18H26O3/c1-2-14-5-7-15(8-6-14)4-3-13-21-17-11-9-16(10-12-17)18(19)20/h9-12,14-15H,2-8,13H2,1H3,(H,19,20)/t14-,15-. The van der Waals surface area contributed by atoms with E-state index in [4.69, 9.17) is 9.84 Å². The van der Waals surface area contributed by atoms with Gasteiger partial charge in [0, 0.05) is 0 Å². The molecule has 0 saturated heterocycles. The molecule has 0 spiro atoms. The molecule has 0 radical (unpaired) electrons. The second-order valence-corrected chi connectivity index (χ2v) is 6.12. The van der Waals surface area contributed by atoms with Crippen LogP contribution in [0.25, 0.3) is 0 Å². The minimum atomic E-state index is -0.899. The summed E-state index contributed by atoms with van der Waals surface area (Å²) in [6.45, 7) is 3.02. The SMILES string of the molecule is CC[C@H]1CC[C@H](CCCOc2ccc(C(=O)O)cc2)CC1. The molecule has 1 aromatic carbocycles. The molecule has 3 heteroatoms. The van der Waals surface area contributed by atoms with Crippen LogP contribution >= 0.6 is 0 Å². The maximum atomic E-state index is 10.8. The maximum absolute atomic E-state index is 10.8. The molecule has 0 atom stereocenters. The minimum absolute atomic E-state index is 0.301. The molecule has 1 aromatic rings. The second-order valence-electron chi connectivity index (χ2n) is 6.12. The Kier molecular flexibility index (Phi) is 6.09. The summed E-state index contributed by atoms with van der Waals surface area (Å²) >= 11 is 0. The van der Waals surface area contributed by atoms with Crippen molar-refractivity contribution in [2.75, 3.05) is 6.61 Å². The van der Waals surface area contributed by atoms with Gasteiger partial charge in [-0.25, -0.2) is 4.79 Å². The van der Waals surface area contributed by atoms with Crippen LogP contribution < -0.4 is 4.74 Å². The fraction of sp³-hybridized carbons (Fsp3) is 0.611. The molecule has 3 nitrogen and oxygen atoms in total. The van der Waals surface area contributed by atoms with Gasteiger partial charge in [-0.05, 0) is 48.9 Å². The van der Waals surface area contributed by atoms with E-state index in [1.54, 1.807) is 24.3 Å². The second kappa shape index (κ2) is 8.06. The van der Waals surface area contributed by atoms with Gasteiger partial charge in [0.1, 0.15) is 5.75 Å². The van der Waals surface area contributed by atoms with E-state index in [1.165, 1.54) is 38.5 Å². The van der Waals surface area contributed by atoms with Crippen molar-refractivity contribution < 1.29 is 14.6 Å². The van der Waals surface area contributed by atoms with E-state index in [2.05, 4.69) is 6.92 Å². The summed E-state index contributed by atoms with van der Waals surface area (Å²) in [6, 6.07) is 6.64. The Morgan fingerprint density at radius 3 is 2.33 bits per heavy atom. The fourth-order valence-electron chi connectivity index (χ4n) is 3.18. The first-order chi connectivity index (χ1) is 10.2. The molecule has 0 amide bonds. The van der Waals surface area contributed by atoms with Crippen molar-refractivity contribution in [3.63, 3.8) is 0 Å². The highest BCUT2D eigenvalue weighted by Crippen LogP contribution is 2.32. The summed E-state index contributed by atoms with van der Waals surface area (Å²) in [5.41, 5.74) is 0.301. The van der Waals surface area contributed by atoms with E-state index in [-0.39, 0.29) is 0 Å². The first-order valence-electron chi connectivity index (χ1n) is 8.15. The van der Waals surface area contributed by atoms with Gasteiger partial charge in [0.25, 0.3) is 0 Å². The van der Waals surface area contributed by atoms with Gasteiger partial charge < -0.3 is 9.84 Å². The summed E-state index contributed by atoms with van der Waals surface area (Å²) in [4.78, 5) is 10.8. The smallest absolute Gasteiger partial charge is 0.335 e. The van der Waals surface area contributed by atoms with Gasteiger partial charge >= 0.3 is 5.97 Å². The average molecular weight is 290 g/mol. The predicted molar refractivity (Wildman–Crippen MR) is 83.9 cm³/mol. The number of carboxylic acid groups (broad SMARTS) is 1. The van der Waals surface area contributed by atoms with Crippen LogP contribution in [0.3, 0.4) is 0 Å². The monoisotopic (exact) mass is 290 g/mol. The number of carboxylic acids is 1. The van der Waals surface area contributed by atoms with Crippen LogP contribution in [0.5, 0.6) is 5.75 Å². The number of rotatable bonds is 7. The lowest BCUT2D eigenvalue weighted by atomic mass is 9.79. The number of carbonyl (C=O) groups is 1. The predicted octanol–water partition coefficient (Wildman–Crippen LogP) is 4.76. The molecule has 1 saturated carbocycles. The highest BCUT2D eigenvalue weighted by Gasteiger charge is 2.19. The Morgan fingerprint density at radius 2 is 1.76 bits per heavy atom. The van der Waals surface area contributed by atoms with Gasteiger partial charge in [0.2, 0.25) is 0 Å². The van der Waals surface area contributed by atoms with Gasteiger partial charge in [-0.1, -0.05) is 39.0 Å². The highest BCUT2D eigenvalue weighted by atomic mass is 16.5. The molecule has 0 aliphatic heterocycles. The van der Waals surface area contributed by atoms with Crippen molar-refractivity contribution >= 4 is 5.97 Å². The molecular formula is C18H26O3. The summed E-state index contributed by atoms with van der Waals surface area (Å²) in [7, 11) is 0. The molecular weight excluding hydrogens is 264 g/mol. The normalized spacial score (nSPS) is 22.0. The zero-order chi connectivity index (χ0) is 15.1. The molecule has 0 bridgehead atoms. The number of hydrogen-bond donors (Lipinski definition) is 1. The molecule has 116 valence electrons. The Hall–Kier alpha value is -1.51. The molecule has 1 N–H and O–H groups in total. The van der Waals surface area contributed by atoms with Crippen molar-refractivity contribution in [1.29, 1.82) is 0 Å². The molecule has 0 unspecified atom stereocenters. The van der Waals surface area contributed by atoms with Crippen LogP contribution in [0, 0.1) is 11.8 Å². The Bertz CT molecular complexity index is 430. The van der Waals surface area contributed by atoms with Gasteiger partial charge in [-0.15, -0.1) is 0 Å². The van der Waals surface area contributed by atoms with Crippen LogP contribution in [-0.2, 0) is 0 Å². The van der Waals surface area contributed by atoms with E-state index in [0.717, 1.165) is 30.6 Å². The zero-order valence-electron chi connectivity index (χ0n) is 12.9. The van der Waals surface area contributed by atoms with Crippen molar-refractivity contribution in [1.82, 2.24) is 0 Å². The third-order valence-electron chi connectivity index (χ3n) is 4.67. The fourth-order valence-corrected chi connectivity index (χ4v) is 3.18. The van der Waals surface area contributed by atoms with Crippen LogP contribution in [0.4, 0.5) is 0 Å². The van der Waals surface area contributed by atoms with Gasteiger partial charge in [0.15, 0.2) is 0 Å². The van der Waals surface area contributed by atoms with Crippen molar-refractivity contribution in [2.45, 2.75) is 51.9 Å². The lowest BCUT2D eigenvalue weighted by Gasteiger charge is -2.27. The third-order valence-corrected chi connectivity index (χ3v) is 4.67. The van der Waals surface area contributed by atoms with E-state index >= 15 is 0 Å². The Morgan fingerprint density at radius 1 is 1.14 bits per heavy atom. The largest absolute Gasteiger partial charge is 0.494 e. The average Bonchev–Trinajstić information content (AvgIpc) is 2.52. The molecule has 0 heterocycles. The van der Waals surface area contributed by atoms with E-state index < -0.39 is 5.97 Å². The lowest BCUT2D eigenvalue weighted by molar-refractivity contribution is 0.0697. The van der Waals surface area contributed by atoms with Crippen molar-refractivity contribution in [3.05, 3.63) is 29.8 Å². The molecule has 21 heavy (non-hydrogen) atoms. The topological polar surface area (TPSA) is 46.5 Å². The zero-order valence-corrected chi connectivity index (χ0v) is 12.9. The highest BCUT2D eigenvalue weighted by molar-refractivity contribution is 5.87. The molecule has 1 aliphatic carbocycles. The summed E-state index contributed by atoms with van der Waals surface area (Å²) in [5, 5.41) is 8.83. The van der Waals surface area contributed by atoms with E-state index in [1.807, 2.05) is 0 Å². The third kappa shape index (κ3) is 5.07. The van der Waals surface area contributed by atoms with Crippen molar-refractivity contribution in [3.8, 4) is 5.75 Å². The molecule has 0 aromatic heterocycles. The Labute approximate surface area is 127 Å². The molecule has 1 aliphatic rings. The summed E-state index contributed by atoms with van der Waals surface area (Å²) in [6.07, 6.45) is 9.24. The van der Waals surface area contributed by atoms with Gasteiger partial charge in [-0.2, -0.15) is 0 Å². The van der Waals surface area contributed by atoms with Gasteiger partial charge in [0.05, 0.1) is 12.2 Å². The van der Waals surface area contributed by atoms with Crippen LogP contribution in [-0.4, -0.2) is 17.7 Å². The lowest BCUT2D eigenvalue weighted by Crippen LogP contribution is -2.14. The maximum Gasteiger partial charge on any atom is 0.335 e. The Balaban J connectivity index is 1.62. The first-order valence-corrected chi connectivity index (χ1v) is 8.15. The number of aromatic carboxylic acids is 1. The van der Waals surface area contributed by atoms with Gasteiger partial charge in [-0.3, -0.25) is 0 Å². The van der Waals surface area contributed by atoms with E-state index in [0.29, 0.717) is 5.56 Å². The summed E-state index contributed by atoms with van der Waals surface area (Å²) < 4.78 is 5.68. The van der Waals surface area contributed by atoms with E-state index in [9.17, 15) is 4.79 Å². The minimum Gasteiger partial charge on any atom is -0.494 e. The summed E-state index contributed by atoms with van der Waals surface area (Å²) in [5.74, 6) is 1.70. The molecule has 1 fully saturated rings. The van der Waals surface area contributed by atoms with Crippen LogP contribution in [0.2, 0.25) is 0 Å². The first kappa shape index (κ1) is 15.9. The van der Waals surface area contributed by atoms with Crippen molar-refractivity contribution in [2.24, 2.45) is 11.8 Å². The number of benzene rings is 1. The number of ether oxygens (including phenoxy) is 1.